The van der Waals surface area contributed by atoms with E-state index in [0.29, 0.717) is 24.4 Å². The van der Waals surface area contributed by atoms with E-state index in [9.17, 15) is 9.59 Å². The molecular weight excluding hydrogens is 258 g/mol. The molecule has 1 aromatic rings. The summed E-state index contributed by atoms with van der Waals surface area (Å²) in [5.74, 6) is -0.0364. The maximum atomic E-state index is 12.0. The summed E-state index contributed by atoms with van der Waals surface area (Å²) in [6.07, 6.45) is 0.728. The standard InChI is InChI=1S/C14H15N3O3/c15-8-11-4-1-2-5-12(11)20-10-14(19)17-7-3-6-16-13(18)9-17/h1-2,4-5H,3,6-7,9-10H2,(H,16,18). The molecule has 1 saturated heterocycles. The number of hydrogen-bond donors (Lipinski definition) is 1. The van der Waals surface area contributed by atoms with Gasteiger partial charge in [0.25, 0.3) is 5.91 Å². The summed E-state index contributed by atoms with van der Waals surface area (Å²) in [4.78, 5) is 24.9. The van der Waals surface area contributed by atoms with Gasteiger partial charge in [-0.25, -0.2) is 0 Å². The van der Waals surface area contributed by atoms with Gasteiger partial charge in [0.2, 0.25) is 5.91 Å². The first-order valence-corrected chi connectivity index (χ1v) is 6.37. The molecule has 6 nitrogen and oxygen atoms in total. The van der Waals surface area contributed by atoms with Crippen LogP contribution in [0.3, 0.4) is 0 Å². The first-order valence-electron chi connectivity index (χ1n) is 6.37. The van der Waals surface area contributed by atoms with Gasteiger partial charge in [0.15, 0.2) is 6.61 Å². The van der Waals surface area contributed by atoms with Crippen LogP contribution in [0.25, 0.3) is 0 Å². The Bertz CT molecular complexity index is 551. The van der Waals surface area contributed by atoms with Crippen LogP contribution in [0, 0.1) is 11.3 Å². The van der Waals surface area contributed by atoms with Gasteiger partial charge in [0, 0.05) is 13.1 Å². The Balaban J connectivity index is 1.94. The van der Waals surface area contributed by atoms with Crippen molar-refractivity contribution < 1.29 is 14.3 Å². The SMILES string of the molecule is N#Cc1ccccc1OCC(=O)N1CCCNC(=O)C1. The van der Waals surface area contributed by atoms with Gasteiger partial charge >= 0.3 is 0 Å². The number of nitriles is 1. The number of nitrogens with zero attached hydrogens (tertiary/aromatic N) is 2. The number of carbonyl (C=O) groups is 2. The molecule has 0 radical (unpaired) electrons. The van der Waals surface area contributed by atoms with Crippen LogP contribution in [-0.2, 0) is 9.59 Å². The van der Waals surface area contributed by atoms with E-state index < -0.39 is 0 Å². The van der Waals surface area contributed by atoms with Crippen LogP contribution in [-0.4, -0.2) is 43.0 Å². The smallest absolute Gasteiger partial charge is 0.260 e. The maximum Gasteiger partial charge on any atom is 0.260 e. The van der Waals surface area contributed by atoms with E-state index in [4.69, 9.17) is 10.00 Å². The number of carbonyl (C=O) groups excluding carboxylic acids is 2. The third-order valence-electron chi connectivity index (χ3n) is 2.97. The molecule has 20 heavy (non-hydrogen) atoms. The number of benzene rings is 1. The van der Waals surface area contributed by atoms with Gasteiger partial charge in [-0.2, -0.15) is 5.26 Å². The molecular formula is C14H15N3O3. The van der Waals surface area contributed by atoms with Crippen molar-refractivity contribution in [2.45, 2.75) is 6.42 Å². The molecule has 1 aliphatic rings. The zero-order valence-electron chi connectivity index (χ0n) is 11.0. The lowest BCUT2D eigenvalue weighted by Crippen LogP contribution is -2.39. The molecule has 104 valence electrons. The quantitative estimate of drug-likeness (QED) is 0.858. The normalized spacial score (nSPS) is 14.9. The minimum atomic E-state index is -0.255. The van der Waals surface area contributed by atoms with Gasteiger partial charge in [-0.1, -0.05) is 12.1 Å². The number of hydrogen-bond acceptors (Lipinski definition) is 4. The molecule has 1 heterocycles. The van der Waals surface area contributed by atoms with Gasteiger partial charge in [-0.3, -0.25) is 9.59 Å². The van der Waals surface area contributed by atoms with Crippen LogP contribution in [0.15, 0.2) is 24.3 Å². The van der Waals surface area contributed by atoms with E-state index in [2.05, 4.69) is 5.32 Å². The van der Waals surface area contributed by atoms with Gasteiger partial charge in [-0.15, -0.1) is 0 Å². The van der Waals surface area contributed by atoms with Crippen molar-refractivity contribution in [1.82, 2.24) is 10.2 Å². The predicted molar refractivity (Wildman–Crippen MR) is 70.9 cm³/mol. The van der Waals surface area contributed by atoms with Crippen LogP contribution in [0.1, 0.15) is 12.0 Å². The van der Waals surface area contributed by atoms with Gasteiger partial charge in [0.05, 0.1) is 12.1 Å². The highest BCUT2D eigenvalue weighted by atomic mass is 16.5. The summed E-state index contributed by atoms with van der Waals surface area (Å²) >= 11 is 0. The van der Waals surface area contributed by atoms with E-state index in [1.165, 1.54) is 4.90 Å². The molecule has 2 amide bonds. The van der Waals surface area contributed by atoms with E-state index >= 15 is 0 Å². The predicted octanol–water partition coefficient (Wildman–Crippen LogP) is 0.286. The van der Waals surface area contributed by atoms with Crippen molar-refractivity contribution in [2.24, 2.45) is 0 Å². The third kappa shape index (κ3) is 3.48. The lowest BCUT2D eigenvalue weighted by Gasteiger charge is -2.19. The Labute approximate surface area is 116 Å². The molecule has 1 aromatic carbocycles. The molecule has 0 bridgehead atoms. The van der Waals surface area contributed by atoms with Gasteiger partial charge in [-0.05, 0) is 18.6 Å². The van der Waals surface area contributed by atoms with Crippen LogP contribution < -0.4 is 10.1 Å². The summed E-state index contributed by atoms with van der Waals surface area (Å²) in [6.45, 7) is 0.996. The average molecular weight is 273 g/mol. The van der Waals surface area contributed by atoms with Crippen molar-refractivity contribution in [3.63, 3.8) is 0 Å². The number of rotatable bonds is 3. The fraction of sp³-hybridized carbons (Fsp3) is 0.357. The fourth-order valence-corrected chi connectivity index (χ4v) is 1.93. The highest BCUT2D eigenvalue weighted by Gasteiger charge is 2.20. The second-order valence-corrected chi connectivity index (χ2v) is 4.42. The lowest BCUT2D eigenvalue weighted by molar-refractivity contribution is -0.136. The number of amides is 2. The monoisotopic (exact) mass is 273 g/mol. The largest absolute Gasteiger partial charge is 0.482 e. The molecule has 0 aromatic heterocycles. The molecule has 0 aliphatic carbocycles. The van der Waals surface area contributed by atoms with E-state index in [1.807, 2.05) is 6.07 Å². The summed E-state index contributed by atoms with van der Waals surface area (Å²) in [5.41, 5.74) is 0.383. The second kappa shape index (κ2) is 6.57. The molecule has 0 unspecified atom stereocenters. The van der Waals surface area contributed by atoms with Crippen LogP contribution in [0.5, 0.6) is 5.75 Å². The van der Waals surface area contributed by atoms with E-state index in [0.717, 1.165) is 6.42 Å². The topological polar surface area (TPSA) is 82.4 Å². The van der Waals surface area contributed by atoms with Gasteiger partial charge in [0.1, 0.15) is 11.8 Å². The van der Waals surface area contributed by atoms with Crippen LogP contribution >= 0.6 is 0 Å². The summed E-state index contributed by atoms with van der Waals surface area (Å²) in [6, 6.07) is 8.73. The summed E-state index contributed by atoms with van der Waals surface area (Å²) in [7, 11) is 0. The maximum absolute atomic E-state index is 12.0. The molecule has 6 heteroatoms. The van der Waals surface area contributed by atoms with Crippen molar-refractivity contribution in [2.75, 3.05) is 26.2 Å². The average Bonchev–Trinajstić information content (AvgIpc) is 2.69. The van der Waals surface area contributed by atoms with E-state index in [-0.39, 0.29) is 25.0 Å². The number of nitrogens with one attached hydrogen (secondary N) is 1. The molecule has 1 fully saturated rings. The van der Waals surface area contributed by atoms with Crippen molar-refractivity contribution in [1.29, 1.82) is 5.26 Å². The first kappa shape index (κ1) is 13.9. The first-order chi connectivity index (χ1) is 9.70. The Morgan fingerprint density at radius 1 is 1.45 bits per heavy atom. The van der Waals surface area contributed by atoms with Crippen LogP contribution in [0.2, 0.25) is 0 Å². The molecule has 2 rings (SSSR count). The molecule has 0 spiro atoms. The summed E-state index contributed by atoms with van der Waals surface area (Å²) < 4.78 is 5.37. The zero-order valence-corrected chi connectivity index (χ0v) is 11.0. The van der Waals surface area contributed by atoms with Crippen molar-refractivity contribution in [3.05, 3.63) is 29.8 Å². The van der Waals surface area contributed by atoms with Crippen molar-refractivity contribution in [3.8, 4) is 11.8 Å². The van der Waals surface area contributed by atoms with Gasteiger partial charge < -0.3 is 15.0 Å². The number of ether oxygens (including phenoxy) is 1. The molecule has 1 N–H and O–H groups in total. The van der Waals surface area contributed by atoms with Crippen LogP contribution in [0.4, 0.5) is 0 Å². The Kier molecular flexibility index (Phi) is 4.56. The fourth-order valence-electron chi connectivity index (χ4n) is 1.93. The second-order valence-electron chi connectivity index (χ2n) is 4.42. The third-order valence-corrected chi connectivity index (χ3v) is 2.97. The Hall–Kier alpha value is -2.55. The summed E-state index contributed by atoms with van der Waals surface area (Å²) in [5, 5.41) is 11.6. The lowest BCUT2D eigenvalue weighted by atomic mass is 10.2. The highest BCUT2D eigenvalue weighted by Crippen LogP contribution is 2.16. The number of para-hydroxylation sites is 1. The molecule has 1 aliphatic heterocycles. The Morgan fingerprint density at radius 3 is 3.05 bits per heavy atom. The minimum Gasteiger partial charge on any atom is -0.482 e. The van der Waals surface area contributed by atoms with E-state index in [1.54, 1.807) is 24.3 Å². The minimum absolute atomic E-state index is 0.0576. The molecule has 0 atom stereocenters. The van der Waals surface area contributed by atoms with Crippen molar-refractivity contribution >= 4 is 11.8 Å². The molecule has 0 saturated carbocycles. The Morgan fingerprint density at radius 2 is 2.25 bits per heavy atom. The zero-order chi connectivity index (χ0) is 14.4. The highest BCUT2D eigenvalue weighted by molar-refractivity contribution is 5.85.